The van der Waals surface area contributed by atoms with Crippen molar-refractivity contribution >= 4 is 49.7 Å². The van der Waals surface area contributed by atoms with Crippen molar-refractivity contribution in [2.24, 2.45) is 0 Å². The number of aromatic nitrogens is 1. The van der Waals surface area contributed by atoms with Crippen molar-refractivity contribution in [1.29, 1.82) is 0 Å². The zero-order chi connectivity index (χ0) is 16.4. The van der Waals surface area contributed by atoms with Crippen molar-refractivity contribution in [1.82, 2.24) is 9.88 Å². The monoisotopic (exact) mass is 360 g/mol. The Hall–Kier alpha value is -1.40. The van der Waals surface area contributed by atoms with Crippen molar-refractivity contribution in [3.63, 3.8) is 0 Å². The van der Waals surface area contributed by atoms with Gasteiger partial charge in [-0.1, -0.05) is 11.3 Å². The van der Waals surface area contributed by atoms with Gasteiger partial charge in [-0.25, -0.2) is 4.98 Å². The van der Waals surface area contributed by atoms with Gasteiger partial charge < -0.3 is 15.1 Å². The second-order valence-corrected chi connectivity index (χ2v) is 8.10. The zero-order valence-electron chi connectivity index (χ0n) is 14.0. The van der Waals surface area contributed by atoms with Crippen molar-refractivity contribution in [3.05, 3.63) is 18.2 Å². The van der Waals surface area contributed by atoms with E-state index >= 15 is 0 Å². The summed E-state index contributed by atoms with van der Waals surface area (Å²) in [5, 5.41) is 5.44. The van der Waals surface area contributed by atoms with Gasteiger partial charge in [0.2, 0.25) is 0 Å². The smallest absolute Gasteiger partial charge is 0.186 e. The molecule has 2 aliphatic heterocycles. The lowest BCUT2D eigenvalue weighted by atomic mass is 10.1. The topological polar surface area (TPSA) is 31.4 Å². The van der Waals surface area contributed by atoms with Crippen molar-refractivity contribution in [2.45, 2.75) is 38.5 Å². The Morgan fingerprint density at radius 3 is 2.46 bits per heavy atom. The first-order chi connectivity index (χ1) is 11.8. The fourth-order valence-corrected chi connectivity index (χ4v) is 4.87. The van der Waals surface area contributed by atoms with Crippen LogP contribution in [0.3, 0.4) is 0 Å². The molecular weight excluding hydrogens is 336 g/mol. The Kier molecular flexibility index (Phi) is 4.85. The number of fused-ring (bicyclic) bond motifs is 1. The summed E-state index contributed by atoms with van der Waals surface area (Å²) in [6.07, 6.45) is 7.73. The van der Waals surface area contributed by atoms with Crippen LogP contribution in [0.4, 0.5) is 10.8 Å². The number of thiazole rings is 1. The summed E-state index contributed by atoms with van der Waals surface area (Å²) in [4.78, 5) is 9.54. The number of benzene rings is 1. The fraction of sp³-hybridized carbons (Fsp3) is 0.556. The first kappa shape index (κ1) is 16.1. The summed E-state index contributed by atoms with van der Waals surface area (Å²) in [6, 6.07) is 6.40. The van der Waals surface area contributed by atoms with E-state index in [0.717, 1.165) is 42.5 Å². The molecule has 2 saturated heterocycles. The molecule has 0 saturated carbocycles. The second kappa shape index (κ2) is 7.23. The van der Waals surface area contributed by atoms with Gasteiger partial charge in [0, 0.05) is 31.9 Å². The Morgan fingerprint density at radius 2 is 1.71 bits per heavy atom. The maximum atomic E-state index is 5.58. The Labute approximate surface area is 152 Å². The third-order valence-corrected chi connectivity index (χ3v) is 6.34. The summed E-state index contributed by atoms with van der Waals surface area (Å²) >= 11 is 7.38. The number of likely N-dealkylation sites (tertiary alicyclic amines) is 1. The molecule has 0 bridgehead atoms. The first-order valence-corrected chi connectivity index (χ1v) is 10.2. The lowest BCUT2D eigenvalue weighted by molar-refractivity contribution is 0.346. The molecule has 128 valence electrons. The minimum atomic E-state index is 0.856. The number of hydrogen-bond donors (Lipinski definition) is 1. The van der Waals surface area contributed by atoms with Gasteiger partial charge in [-0.15, -0.1) is 0 Å². The van der Waals surface area contributed by atoms with Gasteiger partial charge in [0.25, 0.3) is 0 Å². The number of thiocarbonyl (C=S) groups is 1. The average Bonchev–Trinajstić information content (AvgIpc) is 3.06. The van der Waals surface area contributed by atoms with Gasteiger partial charge in [0.1, 0.15) is 0 Å². The Bertz CT molecular complexity index is 715. The van der Waals surface area contributed by atoms with Crippen LogP contribution in [0.1, 0.15) is 38.5 Å². The van der Waals surface area contributed by atoms with Gasteiger partial charge in [-0.3, -0.25) is 0 Å². The molecule has 0 spiro atoms. The molecule has 0 amide bonds. The van der Waals surface area contributed by atoms with Gasteiger partial charge in [0.05, 0.1) is 10.2 Å². The predicted octanol–water partition coefficient (Wildman–Crippen LogP) is 4.47. The van der Waals surface area contributed by atoms with Gasteiger partial charge in [0.15, 0.2) is 10.2 Å². The summed E-state index contributed by atoms with van der Waals surface area (Å²) in [5.74, 6) is 0. The van der Waals surface area contributed by atoms with Crippen LogP contribution in [0.25, 0.3) is 10.2 Å². The minimum absolute atomic E-state index is 0.856. The predicted molar refractivity (Wildman–Crippen MR) is 107 cm³/mol. The van der Waals surface area contributed by atoms with E-state index in [-0.39, 0.29) is 0 Å². The molecule has 0 aliphatic carbocycles. The molecule has 0 radical (unpaired) electrons. The lowest BCUT2D eigenvalue weighted by Crippen LogP contribution is -2.38. The van der Waals surface area contributed by atoms with Gasteiger partial charge >= 0.3 is 0 Å². The number of rotatable bonds is 2. The quantitative estimate of drug-likeness (QED) is 0.799. The molecule has 0 atom stereocenters. The standard InChI is InChI=1S/C18H24N4S2/c23-17(21-9-3-1-4-10-21)19-14-7-8-15-16(13-14)24-18(20-15)22-11-5-2-6-12-22/h7-8,13H,1-6,9-12H2,(H,19,23). The maximum absolute atomic E-state index is 5.58. The lowest BCUT2D eigenvalue weighted by Gasteiger charge is -2.29. The maximum Gasteiger partial charge on any atom is 0.186 e. The van der Waals surface area contributed by atoms with Crippen LogP contribution >= 0.6 is 23.6 Å². The largest absolute Gasteiger partial charge is 0.349 e. The van der Waals surface area contributed by atoms with E-state index in [0.29, 0.717) is 0 Å². The Balaban J connectivity index is 1.49. The Morgan fingerprint density at radius 1 is 1.00 bits per heavy atom. The molecule has 1 aromatic heterocycles. The van der Waals surface area contributed by atoms with E-state index in [1.807, 2.05) is 0 Å². The van der Waals surface area contributed by atoms with Crippen molar-refractivity contribution in [2.75, 3.05) is 36.4 Å². The summed E-state index contributed by atoms with van der Waals surface area (Å²) < 4.78 is 1.24. The number of hydrogen-bond acceptors (Lipinski definition) is 4. The highest BCUT2D eigenvalue weighted by Gasteiger charge is 2.16. The van der Waals surface area contributed by atoms with E-state index in [9.17, 15) is 0 Å². The third-order valence-electron chi connectivity index (χ3n) is 4.90. The number of anilines is 2. The number of nitrogens with one attached hydrogen (secondary N) is 1. The molecule has 1 aromatic carbocycles. The molecule has 2 fully saturated rings. The normalized spacial score (nSPS) is 18.8. The van der Waals surface area contributed by atoms with E-state index in [2.05, 4.69) is 33.3 Å². The molecule has 0 unspecified atom stereocenters. The molecule has 1 N–H and O–H groups in total. The van der Waals surface area contributed by atoms with Gasteiger partial charge in [-0.05, 0) is 68.9 Å². The van der Waals surface area contributed by atoms with Crippen LogP contribution in [0.15, 0.2) is 18.2 Å². The molecule has 24 heavy (non-hydrogen) atoms. The number of piperidine rings is 2. The van der Waals surface area contributed by atoms with E-state index in [1.165, 1.54) is 48.4 Å². The highest BCUT2D eigenvalue weighted by Crippen LogP contribution is 2.32. The van der Waals surface area contributed by atoms with E-state index < -0.39 is 0 Å². The van der Waals surface area contributed by atoms with Crippen LogP contribution in [0, 0.1) is 0 Å². The van der Waals surface area contributed by atoms with Crippen molar-refractivity contribution in [3.8, 4) is 0 Å². The van der Waals surface area contributed by atoms with Crippen LogP contribution in [0.2, 0.25) is 0 Å². The van der Waals surface area contributed by atoms with Crippen LogP contribution in [-0.2, 0) is 0 Å². The van der Waals surface area contributed by atoms with Crippen LogP contribution in [0.5, 0.6) is 0 Å². The molecule has 2 aliphatic rings. The fourth-order valence-electron chi connectivity index (χ4n) is 3.51. The van der Waals surface area contributed by atoms with Gasteiger partial charge in [-0.2, -0.15) is 0 Å². The van der Waals surface area contributed by atoms with E-state index in [1.54, 1.807) is 11.3 Å². The van der Waals surface area contributed by atoms with Crippen LogP contribution in [-0.4, -0.2) is 41.2 Å². The molecule has 4 rings (SSSR count). The zero-order valence-corrected chi connectivity index (χ0v) is 15.6. The molecule has 3 heterocycles. The van der Waals surface area contributed by atoms with Crippen LogP contribution < -0.4 is 10.2 Å². The average molecular weight is 361 g/mol. The molecule has 4 nitrogen and oxygen atoms in total. The third kappa shape index (κ3) is 3.49. The summed E-state index contributed by atoms with van der Waals surface area (Å²) in [7, 11) is 0. The minimum Gasteiger partial charge on any atom is -0.349 e. The summed E-state index contributed by atoms with van der Waals surface area (Å²) in [5.41, 5.74) is 2.17. The van der Waals surface area contributed by atoms with E-state index in [4.69, 9.17) is 17.2 Å². The SMILES string of the molecule is S=C(Nc1ccc2nc(N3CCCCC3)sc2c1)N1CCCCC1. The highest BCUT2D eigenvalue weighted by atomic mass is 32.1. The second-order valence-electron chi connectivity index (χ2n) is 6.70. The molecular formula is C18H24N4S2. The first-order valence-electron chi connectivity index (χ1n) is 9.01. The number of nitrogens with zero attached hydrogens (tertiary/aromatic N) is 3. The molecule has 2 aromatic rings. The van der Waals surface area contributed by atoms with Crippen molar-refractivity contribution < 1.29 is 0 Å². The summed E-state index contributed by atoms with van der Waals surface area (Å²) in [6.45, 7) is 4.44. The highest BCUT2D eigenvalue weighted by molar-refractivity contribution is 7.80. The molecule has 6 heteroatoms.